The van der Waals surface area contributed by atoms with Gasteiger partial charge in [-0.25, -0.2) is 0 Å². The Morgan fingerprint density at radius 1 is 0.419 bits per heavy atom. The molecule has 0 aliphatic carbocycles. The lowest BCUT2D eigenvalue weighted by Gasteiger charge is -2.50. The van der Waals surface area contributed by atoms with E-state index >= 15 is 0 Å². The van der Waals surface area contributed by atoms with E-state index in [0.717, 1.165) is 13.8 Å². The van der Waals surface area contributed by atoms with Gasteiger partial charge in [-0.15, -0.1) is 0 Å². The highest BCUT2D eigenvalue weighted by molar-refractivity contribution is 5.73. The van der Waals surface area contributed by atoms with Crippen LogP contribution in [-0.2, 0) is 52.2 Å². The molecule has 0 aromatic heterocycles. The van der Waals surface area contributed by atoms with Crippen LogP contribution in [0.4, 0.5) is 0 Å². The first-order chi connectivity index (χ1) is 29.3. The average molecular weight is 911 g/mol. The highest BCUT2D eigenvalue weighted by Gasteiger charge is 2.56. The van der Waals surface area contributed by atoms with E-state index in [1.807, 2.05) is 0 Å². The van der Waals surface area contributed by atoms with E-state index < -0.39 is 198 Å². The van der Waals surface area contributed by atoms with Gasteiger partial charge in [0.15, 0.2) is 31.5 Å². The number of carbonyl (C=O) groups is 2. The van der Waals surface area contributed by atoms with Crippen LogP contribution in [0.15, 0.2) is 0 Å². The maximum Gasteiger partial charge on any atom is 0.217 e. The minimum atomic E-state index is -2.18. The predicted octanol–water partition coefficient (Wildman–Crippen LogP) is -11.6. The van der Waals surface area contributed by atoms with Crippen molar-refractivity contribution < 1.29 is 129 Å². The molecular weight excluding hydrogens is 852 g/mol. The number of hydrogen-bond donors (Lipinski definition) is 17. The molecule has 0 radical (unpaired) electrons. The van der Waals surface area contributed by atoms with Gasteiger partial charge < -0.3 is 130 Å². The zero-order valence-electron chi connectivity index (χ0n) is 33.2. The van der Waals surface area contributed by atoms with Gasteiger partial charge in [0.25, 0.3) is 0 Å². The summed E-state index contributed by atoms with van der Waals surface area (Å²) in [6.45, 7) is -2.31. The third-order valence-corrected chi connectivity index (χ3v) is 11.1. The van der Waals surface area contributed by atoms with E-state index in [-0.39, 0.29) is 0 Å². The van der Waals surface area contributed by atoms with E-state index in [1.165, 1.54) is 0 Å². The molecule has 5 aliphatic heterocycles. The van der Waals surface area contributed by atoms with Crippen molar-refractivity contribution in [3.8, 4) is 0 Å². The van der Waals surface area contributed by atoms with Crippen LogP contribution in [0.3, 0.4) is 0 Å². The average Bonchev–Trinajstić information content (AvgIpc) is 3.23. The Labute approximate surface area is 351 Å². The highest BCUT2D eigenvalue weighted by Crippen LogP contribution is 2.35. The molecule has 0 aromatic carbocycles. The molecule has 28 heteroatoms. The third-order valence-electron chi connectivity index (χ3n) is 11.1. The molecule has 5 saturated heterocycles. The maximum absolute atomic E-state index is 12.4. The third kappa shape index (κ3) is 11.0. The maximum atomic E-state index is 12.4. The Morgan fingerprint density at radius 3 is 1.35 bits per heavy atom. The Balaban J connectivity index is 1.41. The zero-order chi connectivity index (χ0) is 45.9. The van der Waals surface area contributed by atoms with Gasteiger partial charge in [0, 0.05) is 13.8 Å². The van der Waals surface area contributed by atoms with Gasteiger partial charge in [0.05, 0.1) is 33.0 Å². The second-order valence-corrected chi connectivity index (χ2v) is 15.5. The molecular formula is C34H58N2O26. The monoisotopic (exact) mass is 910 g/mol. The largest absolute Gasteiger partial charge is 0.394 e. The number of nitrogens with one attached hydrogen (secondary N) is 2. The van der Waals surface area contributed by atoms with Crippen LogP contribution in [0.5, 0.6) is 0 Å². The first-order valence-electron chi connectivity index (χ1n) is 19.6. The summed E-state index contributed by atoms with van der Waals surface area (Å²) >= 11 is 0. The van der Waals surface area contributed by atoms with Crippen molar-refractivity contribution >= 4 is 11.8 Å². The molecule has 2 amide bonds. The quantitative estimate of drug-likeness (QED) is 0.0725. The zero-order valence-corrected chi connectivity index (χ0v) is 33.2. The molecule has 0 unspecified atom stereocenters. The van der Waals surface area contributed by atoms with Gasteiger partial charge in [-0.2, -0.15) is 0 Å². The van der Waals surface area contributed by atoms with Crippen LogP contribution in [0, 0.1) is 0 Å². The first kappa shape index (κ1) is 51.0. The lowest BCUT2D eigenvalue weighted by Crippen LogP contribution is -2.70. The van der Waals surface area contributed by atoms with Gasteiger partial charge in [0.1, 0.15) is 122 Å². The van der Waals surface area contributed by atoms with Crippen molar-refractivity contribution in [2.24, 2.45) is 0 Å². The molecule has 0 spiro atoms. The summed E-state index contributed by atoms with van der Waals surface area (Å²) in [5, 5.41) is 163. The Hall–Kier alpha value is -2.02. The highest BCUT2D eigenvalue weighted by atomic mass is 16.8. The fourth-order valence-corrected chi connectivity index (χ4v) is 7.73. The Kier molecular flexibility index (Phi) is 18.1. The lowest BCUT2D eigenvalue weighted by atomic mass is 9.94. The van der Waals surface area contributed by atoms with Gasteiger partial charge >= 0.3 is 0 Å². The minimum Gasteiger partial charge on any atom is -0.394 e. The van der Waals surface area contributed by atoms with E-state index in [2.05, 4.69) is 10.6 Å². The Bertz CT molecular complexity index is 1440. The summed E-state index contributed by atoms with van der Waals surface area (Å²) in [6, 6.07) is -3.19. The van der Waals surface area contributed by atoms with Crippen molar-refractivity contribution in [1.29, 1.82) is 0 Å². The van der Waals surface area contributed by atoms with Crippen molar-refractivity contribution in [2.75, 3.05) is 33.0 Å². The van der Waals surface area contributed by atoms with Crippen molar-refractivity contribution in [1.82, 2.24) is 10.6 Å². The number of aliphatic hydroxyl groups is 15. The number of hydrogen-bond acceptors (Lipinski definition) is 26. The number of rotatable bonds is 15. The summed E-state index contributed by atoms with van der Waals surface area (Å²) in [7, 11) is 0. The summed E-state index contributed by atoms with van der Waals surface area (Å²) in [4.78, 5) is 24.2. The topological polar surface area (TPSA) is 445 Å². The molecule has 5 heterocycles. The van der Waals surface area contributed by atoms with E-state index in [0.29, 0.717) is 0 Å². The first-order valence-corrected chi connectivity index (χ1v) is 19.6. The van der Waals surface area contributed by atoms with E-state index in [4.69, 9.17) is 42.6 Å². The van der Waals surface area contributed by atoms with Crippen LogP contribution in [0.1, 0.15) is 13.8 Å². The number of aliphatic hydroxyl groups excluding tert-OH is 15. The number of carbonyl (C=O) groups excluding carboxylic acids is 2. The number of amides is 2. The predicted molar refractivity (Wildman–Crippen MR) is 190 cm³/mol. The second kappa shape index (κ2) is 22.0. The molecule has 360 valence electrons. The van der Waals surface area contributed by atoms with Crippen LogP contribution in [0.2, 0.25) is 0 Å². The standard InChI is InChI=1S/C34H58N2O26/c1-8(41)35-15-20(46)27(12(5-39)55-30(15)53)60-31-16(36-9(2)42)21(47)28(13(6-40)58-31)61-34-26(52)29(62-33-25(51)23(49)18(44)11(4-38)57-33)19(45)14(59-34)7-54-32-24(50)22(48)17(43)10(3-37)56-32/h10-34,37-40,43-53H,3-7H2,1-2H3,(H,35,41)(H,36,42)/t10-,11+,12+,13+,14+,15+,16+,17+,18+,19+,20+,21+,22-,23-,24-,25-,26-,27+,28+,29-,30+,31-,32+,33+,34+/m0/s1. The second-order valence-electron chi connectivity index (χ2n) is 15.5. The Morgan fingerprint density at radius 2 is 0.823 bits per heavy atom. The van der Waals surface area contributed by atoms with Crippen LogP contribution in [0.25, 0.3) is 0 Å². The van der Waals surface area contributed by atoms with Gasteiger partial charge in [-0.3, -0.25) is 9.59 Å². The summed E-state index contributed by atoms with van der Waals surface area (Å²) in [5.41, 5.74) is 0. The smallest absolute Gasteiger partial charge is 0.217 e. The van der Waals surface area contributed by atoms with Crippen LogP contribution >= 0.6 is 0 Å². The molecule has 62 heavy (non-hydrogen) atoms. The summed E-state index contributed by atoms with van der Waals surface area (Å²) in [5.74, 6) is -1.49. The summed E-state index contributed by atoms with van der Waals surface area (Å²) in [6.07, 6.45) is -42.3. The fourth-order valence-electron chi connectivity index (χ4n) is 7.73. The molecule has 5 rings (SSSR count). The van der Waals surface area contributed by atoms with Gasteiger partial charge in [0.2, 0.25) is 11.8 Å². The van der Waals surface area contributed by atoms with Gasteiger partial charge in [-0.1, -0.05) is 0 Å². The SMILES string of the molecule is CC(=O)N[C@@H]1[C@@H](O)[C@H](O[C@@H]2O[C@H](CO)[C@@H](O[C@H]3O[C@H](CO[C@@H]4O[C@@H](CO)[C@@H](O)[C@H](O)[C@@H]4O)[C@@H](O)[C@H](O[C@H]4O[C@H](CO)[C@@H](O)[C@H](O)[C@@H]4O)[C@@H]3O)[C@H](O)[C@H]2NC(C)=O)[C@@H](CO)O[C@H]1O. The van der Waals surface area contributed by atoms with E-state index in [1.54, 1.807) is 0 Å². The lowest BCUT2D eigenvalue weighted by molar-refractivity contribution is -0.384. The van der Waals surface area contributed by atoms with Crippen LogP contribution < -0.4 is 10.6 Å². The number of ether oxygens (including phenoxy) is 9. The van der Waals surface area contributed by atoms with Crippen LogP contribution in [-0.4, -0.2) is 275 Å². The minimum absolute atomic E-state index is 0.693. The van der Waals surface area contributed by atoms with Crippen molar-refractivity contribution in [3.05, 3.63) is 0 Å². The molecule has 17 N–H and O–H groups in total. The van der Waals surface area contributed by atoms with Gasteiger partial charge in [-0.05, 0) is 0 Å². The molecule has 0 aromatic rings. The normalized spacial score (nSPS) is 49.0. The molecule has 0 saturated carbocycles. The van der Waals surface area contributed by atoms with Crippen molar-refractivity contribution in [3.63, 3.8) is 0 Å². The molecule has 5 fully saturated rings. The van der Waals surface area contributed by atoms with Crippen molar-refractivity contribution in [2.45, 2.75) is 167 Å². The summed E-state index contributed by atoms with van der Waals surface area (Å²) < 4.78 is 50.8. The molecule has 25 atom stereocenters. The molecule has 0 bridgehead atoms. The fraction of sp³-hybridized carbons (Fsp3) is 0.941. The van der Waals surface area contributed by atoms with E-state index in [9.17, 15) is 86.2 Å². The molecule has 5 aliphatic rings. The molecule has 28 nitrogen and oxygen atoms in total.